The number of halogens is 1. The fraction of sp³-hybridized carbons (Fsp3) is 0.214. The summed E-state index contributed by atoms with van der Waals surface area (Å²) in [5.41, 5.74) is 4.53. The molecule has 9 heteroatoms. The van der Waals surface area contributed by atoms with Crippen molar-refractivity contribution in [3.63, 3.8) is 0 Å². The van der Waals surface area contributed by atoms with Gasteiger partial charge in [0.1, 0.15) is 5.82 Å². The van der Waals surface area contributed by atoms with Crippen LogP contribution in [-0.4, -0.2) is 31.0 Å². The zero-order valence-electron chi connectivity index (χ0n) is 21.0. The number of aromatic nitrogens is 4. The lowest BCUT2D eigenvalue weighted by Crippen LogP contribution is -2.26. The summed E-state index contributed by atoms with van der Waals surface area (Å²) in [7, 11) is 1.89. The Balaban J connectivity index is 1.45. The van der Waals surface area contributed by atoms with E-state index in [9.17, 15) is 14.0 Å². The minimum absolute atomic E-state index is 0.150. The maximum Gasteiger partial charge on any atom is 0.253 e. The quantitative estimate of drug-likeness (QED) is 0.340. The third-order valence-corrected chi connectivity index (χ3v) is 6.36. The van der Waals surface area contributed by atoms with Gasteiger partial charge in [-0.1, -0.05) is 32.0 Å². The molecular weight excluding hydrogens is 471 g/mol. The minimum Gasteiger partial charge on any atom is -0.350 e. The summed E-state index contributed by atoms with van der Waals surface area (Å²) in [6.45, 7) is 5.44. The van der Waals surface area contributed by atoms with E-state index < -0.39 is 0 Å². The molecule has 3 aromatic heterocycles. The highest BCUT2D eigenvalue weighted by molar-refractivity contribution is 6.08. The Bertz CT molecular complexity index is 1650. The van der Waals surface area contributed by atoms with Gasteiger partial charge in [-0.25, -0.2) is 8.91 Å². The molecule has 2 amide bonds. The van der Waals surface area contributed by atoms with Crippen molar-refractivity contribution in [2.45, 2.75) is 26.8 Å². The van der Waals surface area contributed by atoms with Gasteiger partial charge in [0.25, 0.3) is 5.91 Å². The van der Waals surface area contributed by atoms with Crippen LogP contribution in [0.5, 0.6) is 0 Å². The number of benzene rings is 2. The first-order chi connectivity index (χ1) is 17.7. The number of amides is 2. The van der Waals surface area contributed by atoms with Crippen LogP contribution < -0.4 is 10.6 Å². The average molecular weight is 499 g/mol. The second-order valence-electron chi connectivity index (χ2n) is 9.43. The molecule has 0 bridgehead atoms. The van der Waals surface area contributed by atoms with Gasteiger partial charge in [-0.05, 0) is 60.0 Å². The highest BCUT2D eigenvalue weighted by Gasteiger charge is 2.18. The molecule has 0 spiro atoms. The highest BCUT2D eigenvalue weighted by atomic mass is 19.1. The molecule has 0 aliphatic rings. The lowest BCUT2D eigenvalue weighted by Gasteiger charge is -2.14. The lowest BCUT2D eigenvalue weighted by molar-refractivity contribution is -0.118. The molecule has 0 saturated carbocycles. The zero-order valence-corrected chi connectivity index (χ0v) is 21.0. The van der Waals surface area contributed by atoms with Crippen LogP contribution in [0.3, 0.4) is 0 Å². The number of carbonyl (C=O) groups is 2. The number of aryl methyl sites for hydroxylation is 1. The maximum absolute atomic E-state index is 13.6. The zero-order chi connectivity index (χ0) is 26.3. The first-order valence-corrected chi connectivity index (χ1v) is 12.0. The smallest absolute Gasteiger partial charge is 0.253 e. The second kappa shape index (κ2) is 9.50. The molecule has 3 heterocycles. The first kappa shape index (κ1) is 24.2. The molecule has 2 aromatic carbocycles. The van der Waals surface area contributed by atoms with Crippen LogP contribution in [0.1, 0.15) is 42.7 Å². The van der Waals surface area contributed by atoms with Crippen LogP contribution in [0.15, 0.2) is 67.0 Å². The molecule has 0 aliphatic carbocycles. The lowest BCUT2D eigenvalue weighted by atomic mass is 10.0. The van der Waals surface area contributed by atoms with Crippen molar-refractivity contribution < 1.29 is 14.0 Å². The molecule has 1 atom stereocenters. The van der Waals surface area contributed by atoms with Gasteiger partial charge < -0.3 is 9.88 Å². The SMILES string of the molecule is CC(C)C(=O)Nc1nc2cc(-c3ccc4c(c3)c(C(=O)N[C@H](C)c3cccc(F)c3)cn4C)ccn2n1. The van der Waals surface area contributed by atoms with E-state index in [1.807, 2.05) is 48.9 Å². The molecule has 0 aliphatic heterocycles. The summed E-state index contributed by atoms with van der Waals surface area (Å²) in [4.78, 5) is 29.7. The number of fused-ring (bicyclic) bond motifs is 2. The van der Waals surface area contributed by atoms with Crippen molar-refractivity contribution in [3.8, 4) is 11.1 Å². The Labute approximate surface area is 213 Å². The van der Waals surface area contributed by atoms with Gasteiger partial charge in [0, 0.05) is 36.3 Å². The van der Waals surface area contributed by atoms with Crippen LogP contribution in [0, 0.1) is 11.7 Å². The van der Waals surface area contributed by atoms with Crippen molar-refractivity contribution in [2.75, 3.05) is 5.32 Å². The molecule has 2 N–H and O–H groups in total. The molecule has 0 unspecified atom stereocenters. The van der Waals surface area contributed by atoms with Crippen molar-refractivity contribution >= 4 is 34.3 Å². The van der Waals surface area contributed by atoms with Crippen molar-refractivity contribution in [1.82, 2.24) is 24.5 Å². The van der Waals surface area contributed by atoms with Gasteiger partial charge in [-0.3, -0.25) is 14.9 Å². The molecule has 188 valence electrons. The Morgan fingerprint density at radius 1 is 1.00 bits per heavy atom. The third kappa shape index (κ3) is 4.80. The van der Waals surface area contributed by atoms with Crippen LogP contribution in [0.2, 0.25) is 0 Å². The number of anilines is 1. The van der Waals surface area contributed by atoms with Crippen molar-refractivity contribution in [3.05, 3.63) is 83.9 Å². The molecule has 8 nitrogen and oxygen atoms in total. The summed E-state index contributed by atoms with van der Waals surface area (Å²) in [6, 6.07) is 15.6. The van der Waals surface area contributed by atoms with Crippen molar-refractivity contribution in [2.24, 2.45) is 13.0 Å². The number of nitrogens with zero attached hydrogens (tertiary/aromatic N) is 4. The topological polar surface area (TPSA) is 93.3 Å². The standard InChI is InChI=1S/C28H27FN6O2/c1-16(2)26(36)32-28-31-25-14-20(10-11-35(25)33-28)19-8-9-24-22(13-19)23(15-34(24)4)27(37)30-17(3)18-6-5-7-21(29)12-18/h5-17H,1-4H3,(H,30,37)(H,32,33,36)/t17-/m1/s1. The van der Waals surface area contributed by atoms with Gasteiger partial charge in [-0.15, -0.1) is 5.10 Å². The largest absolute Gasteiger partial charge is 0.350 e. The van der Waals surface area contributed by atoms with Crippen LogP contribution in [0.4, 0.5) is 10.3 Å². The molecule has 5 aromatic rings. The molecule has 0 radical (unpaired) electrons. The van der Waals surface area contributed by atoms with E-state index in [2.05, 4.69) is 20.7 Å². The normalized spacial score (nSPS) is 12.3. The van der Waals surface area contributed by atoms with Crippen LogP contribution in [-0.2, 0) is 11.8 Å². The summed E-state index contributed by atoms with van der Waals surface area (Å²) < 4.78 is 17.2. The van der Waals surface area contributed by atoms with Gasteiger partial charge in [0.15, 0.2) is 5.65 Å². The molecule has 0 saturated heterocycles. The Kier molecular flexibility index (Phi) is 6.20. The Morgan fingerprint density at radius 3 is 2.54 bits per heavy atom. The minimum atomic E-state index is -0.359. The van der Waals surface area contributed by atoms with E-state index >= 15 is 0 Å². The van der Waals surface area contributed by atoms with E-state index in [-0.39, 0.29) is 35.5 Å². The predicted molar refractivity (Wildman–Crippen MR) is 141 cm³/mol. The number of pyridine rings is 1. The Morgan fingerprint density at radius 2 is 1.78 bits per heavy atom. The summed E-state index contributed by atoms with van der Waals surface area (Å²) >= 11 is 0. The van der Waals surface area contributed by atoms with Gasteiger partial charge in [-0.2, -0.15) is 4.98 Å². The van der Waals surface area contributed by atoms with Crippen molar-refractivity contribution in [1.29, 1.82) is 0 Å². The molecular formula is C28H27FN6O2. The maximum atomic E-state index is 13.6. The number of hydrogen-bond acceptors (Lipinski definition) is 4. The van der Waals surface area contributed by atoms with Crippen LogP contribution >= 0.6 is 0 Å². The van der Waals surface area contributed by atoms with Gasteiger partial charge >= 0.3 is 0 Å². The van der Waals surface area contributed by atoms with Gasteiger partial charge in [0.05, 0.1) is 11.6 Å². The van der Waals surface area contributed by atoms with Gasteiger partial charge in [0.2, 0.25) is 11.9 Å². The Hall–Kier alpha value is -4.53. The number of hydrogen-bond donors (Lipinski definition) is 2. The summed E-state index contributed by atoms with van der Waals surface area (Å²) in [5.74, 6) is -0.655. The summed E-state index contributed by atoms with van der Waals surface area (Å²) in [5, 5.41) is 10.8. The monoisotopic (exact) mass is 498 g/mol. The molecule has 5 rings (SSSR count). The number of carbonyl (C=O) groups excluding carboxylic acids is 2. The summed E-state index contributed by atoms with van der Waals surface area (Å²) in [6.07, 6.45) is 3.58. The van der Waals surface area contributed by atoms with E-state index in [0.717, 1.165) is 22.0 Å². The highest BCUT2D eigenvalue weighted by Crippen LogP contribution is 2.29. The fourth-order valence-corrected chi connectivity index (χ4v) is 4.25. The van der Waals surface area contributed by atoms with E-state index in [4.69, 9.17) is 0 Å². The molecule has 37 heavy (non-hydrogen) atoms. The van der Waals surface area contributed by atoms with Crippen LogP contribution in [0.25, 0.3) is 27.7 Å². The fourth-order valence-electron chi connectivity index (χ4n) is 4.25. The number of nitrogens with one attached hydrogen (secondary N) is 2. The molecule has 0 fully saturated rings. The first-order valence-electron chi connectivity index (χ1n) is 12.0. The van der Waals surface area contributed by atoms with E-state index in [1.54, 1.807) is 42.9 Å². The second-order valence-corrected chi connectivity index (χ2v) is 9.43. The van der Waals surface area contributed by atoms with E-state index in [0.29, 0.717) is 16.8 Å². The third-order valence-electron chi connectivity index (χ3n) is 6.36. The number of rotatable bonds is 6. The average Bonchev–Trinajstić information content (AvgIpc) is 3.43. The van der Waals surface area contributed by atoms with E-state index in [1.165, 1.54) is 12.1 Å². The predicted octanol–water partition coefficient (Wildman–Crippen LogP) is 5.11.